The van der Waals surface area contributed by atoms with E-state index in [2.05, 4.69) is 19.7 Å². The fraction of sp³-hybridized carbons (Fsp3) is 0.200. The molecule has 0 saturated heterocycles. The van der Waals surface area contributed by atoms with E-state index in [0.29, 0.717) is 0 Å². The molecule has 0 heterocycles. The van der Waals surface area contributed by atoms with Crippen LogP contribution in [0, 0.1) is 0 Å². The van der Waals surface area contributed by atoms with Gasteiger partial charge in [0.15, 0.2) is 0 Å². The molecule has 0 fully saturated rings. The summed E-state index contributed by atoms with van der Waals surface area (Å²) in [4.78, 5) is 0. The first kappa shape index (κ1) is 15.7. The van der Waals surface area contributed by atoms with Crippen molar-refractivity contribution in [3.05, 3.63) is 25.3 Å². The van der Waals surface area contributed by atoms with Gasteiger partial charge < -0.3 is 0 Å². The van der Waals surface area contributed by atoms with E-state index >= 15 is 0 Å². The van der Waals surface area contributed by atoms with Crippen molar-refractivity contribution in [2.75, 3.05) is 0 Å². The first-order valence-corrected chi connectivity index (χ1v) is 4.15. The maximum absolute atomic E-state index is 3.36. The fourth-order valence-corrected chi connectivity index (χ4v) is 0. The number of allylic oxidation sites excluding steroid dienone is 2. The second-order valence-electron chi connectivity index (χ2n) is 0.471. The Morgan fingerprint density at radius 3 is 1.29 bits per heavy atom. The van der Waals surface area contributed by atoms with Gasteiger partial charge in [-0.15, -0.1) is 0 Å². The Morgan fingerprint density at radius 2 is 1.29 bits per heavy atom. The molecule has 0 aromatic rings. The average molecular weight is 148 g/mol. The van der Waals surface area contributed by atoms with Crippen LogP contribution in [0.4, 0.5) is 0 Å². The van der Waals surface area contributed by atoms with Gasteiger partial charge in [-0.1, -0.05) is 31.9 Å². The molecular weight excluding hydrogens is 136 g/mol. The van der Waals surface area contributed by atoms with E-state index in [1.807, 2.05) is 0 Å². The Kier molecular flexibility index (Phi) is 72.2. The average Bonchev–Trinajstić information content (AvgIpc) is 1.72. The molecule has 0 aromatic carbocycles. The summed E-state index contributed by atoms with van der Waals surface area (Å²) in [5.74, 6) is 0. The summed E-state index contributed by atoms with van der Waals surface area (Å²) in [5.41, 5.74) is 0. The van der Waals surface area contributed by atoms with Gasteiger partial charge in [-0.3, -0.25) is 0 Å². The molecule has 0 spiro atoms. The maximum atomic E-state index is 3.36. The minimum atomic E-state index is 0. The van der Waals surface area contributed by atoms with Gasteiger partial charge in [-0.2, -0.15) is 0 Å². The zero-order valence-corrected chi connectivity index (χ0v) is 8.63. The van der Waals surface area contributed by atoms with Gasteiger partial charge in [-0.25, -0.2) is 0 Å². The fourth-order valence-electron chi connectivity index (χ4n) is 0. The van der Waals surface area contributed by atoms with Crippen molar-refractivity contribution in [1.82, 2.24) is 0 Å². The van der Waals surface area contributed by atoms with E-state index in [1.165, 1.54) is 10.2 Å². The van der Waals surface area contributed by atoms with Crippen molar-refractivity contribution < 1.29 is 21.7 Å². The molecule has 0 N–H and O–H groups in total. The summed E-state index contributed by atoms with van der Waals surface area (Å²) >= 11 is 0. The van der Waals surface area contributed by atoms with Crippen LogP contribution in [0.5, 0.6) is 0 Å². The molecule has 0 amide bonds. The van der Waals surface area contributed by atoms with Crippen molar-refractivity contribution >= 4 is 10.2 Å². The third kappa shape index (κ3) is 62.6. The van der Waals surface area contributed by atoms with Crippen LogP contribution >= 0.6 is 0 Å². The summed E-state index contributed by atoms with van der Waals surface area (Å²) in [6, 6.07) is 0. The largest absolute Gasteiger partial charge is 4.00 e. The predicted octanol–water partition coefficient (Wildman–Crippen LogP) is 0.756. The molecule has 0 atom stereocenters. The third-order valence-corrected chi connectivity index (χ3v) is 0.167. The molecular formula is C5H12SiTi+4. The molecule has 0 aliphatic carbocycles. The topological polar surface area (TPSA) is 0 Å². The van der Waals surface area contributed by atoms with Gasteiger partial charge in [0.25, 0.3) is 0 Å². The molecule has 0 nitrogen and oxygen atoms in total. The third-order valence-electron chi connectivity index (χ3n) is 0.167. The number of hydrogen-bond donors (Lipinski definition) is 0. The second kappa shape index (κ2) is 32.3. The molecule has 0 unspecified atom stereocenters. The van der Waals surface area contributed by atoms with Crippen molar-refractivity contribution in [3.8, 4) is 0 Å². The van der Waals surface area contributed by atoms with Gasteiger partial charge in [0.05, 0.1) is 0 Å². The second-order valence-corrected chi connectivity index (χ2v) is 0.471. The molecule has 2 heteroatoms. The van der Waals surface area contributed by atoms with Gasteiger partial charge in [0.2, 0.25) is 0 Å². The maximum Gasteiger partial charge on any atom is 4.00 e. The van der Waals surface area contributed by atoms with E-state index in [-0.39, 0.29) is 21.7 Å². The van der Waals surface area contributed by atoms with Crippen LogP contribution in [0.3, 0.4) is 0 Å². The SMILES string of the molecule is C=CC=C.C[SiH3].[Ti+4]. The molecule has 0 radical (unpaired) electrons. The molecule has 36 valence electrons. The van der Waals surface area contributed by atoms with E-state index in [1.54, 1.807) is 12.2 Å². The Labute approximate surface area is 64.0 Å². The van der Waals surface area contributed by atoms with E-state index in [0.717, 1.165) is 0 Å². The summed E-state index contributed by atoms with van der Waals surface area (Å²) in [5, 5.41) is 0. The Morgan fingerprint density at radius 1 is 1.14 bits per heavy atom. The first-order chi connectivity index (χ1) is 2.91. The number of rotatable bonds is 1. The van der Waals surface area contributed by atoms with Crippen molar-refractivity contribution in [2.24, 2.45) is 0 Å². The summed E-state index contributed by atoms with van der Waals surface area (Å²) in [6.45, 7) is 8.86. The van der Waals surface area contributed by atoms with Crippen molar-refractivity contribution in [3.63, 3.8) is 0 Å². The van der Waals surface area contributed by atoms with E-state index in [4.69, 9.17) is 0 Å². The van der Waals surface area contributed by atoms with Crippen LogP contribution in [0.25, 0.3) is 0 Å². The molecule has 7 heavy (non-hydrogen) atoms. The summed E-state index contributed by atoms with van der Waals surface area (Å²) in [7, 11) is 1.31. The zero-order chi connectivity index (χ0) is 5.41. The summed E-state index contributed by atoms with van der Waals surface area (Å²) in [6.07, 6.45) is 3.28. The van der Waals surface area contributed by atoms with Gasteiger partial charge in [0.1, 0.15) is 0 Å². The normalized spacial score (nSPS) is 4.14. The predicted molar refractivity (Wildman–Crippen MR) is 36.2 cm³/mol. The molecule has 0 aliphatic rings. The van der Waals surface area contributed by atoms with Crippen LogP contribution in [-0.2, 0) is 21.7 Å². The Balaban J connectivity index is -0.0000000480. The van der Waals surface area contributed by atoms with Crippen molar-refractivity contribution in [2.45, 2.75) is 6.55 Å². The Hall–Kier alpha value is 0.411. The number of hydrogen-bond acceptors (Lipinski definition) is 0. The van der Waals surface area contributed by atoms with Crippen LogP contribution in [0.15, 0.2) is 25.3 Å². The van der Waals surface area contributed by atoms with Crippen LogP contribution in [-0.4, -0.2) is 10.2 Å². The van der Waals surface area contributed by atoms with Crippen LogP contribution in [0.2, 0.25) is 6.55 Å². The molecule has 0 aliphatic heterocycles. The minimum absolute atomic E-state index is 0. The molecule has 0 bridgehead atoms. The van der Waals surface area contributed by atoms with Gasteiger partial charge in [-0.05, 0) is 10.2 Å². The molecule has 0 saturated carbocycles. The van der Waals surface area contributed by atoms with Crippen LogP contribution < -0.4 is 0 Å². The molecule has 0 aromatic heterocycles. The van der Waals surface area contributed by atoms with Crippen LogP contribution in [0.1, 0.15) is 0 Å². The quantitative estimate of drug-likeness (QED) is 0.380. The molecule has 0 rings (SSSR count). The van der Waals surface area contributed by atoms with E-state index < -0.39 is 0 Å². The van der Waals surface area contributed by atoms with Gasteiger partial charge in [0, 0.05) is 0 Å². The smallest absolute Gasteiger partial charge is 0.0991 e. The standard InChI is InChI=1S/C4H6.CH6Si.Ti/c1-3-4-2;1-2;/h3-4H,1-2H2;1-2H3;/q;;+4. The monoisotopic (exact) mass is 148 g/mol. The Bertz CT molecular complexity index is 29.1. The minimum Gasteiger partial charge on any atom is -0.0991 e. The van der Waals surface area contributed by atoms with Crippen molar-refractivity contribution in [1.29, 1.82) is 0 Å². The van der Waals surface area contributed by atoms with Gasteiger partial charge >= 0.3 is 21.7 Å². The zero-order valence-electron chi connectivity index (χ0n) is 5.07. The first-order valence-electron chi connectivity index (χ1n) is 2.15. The van der Waals surface area contributed by atoms with E-state index in [9.17, 15) is 0 Å². The summed E-state index contributed by atoms with van der Waals surface area (Å²) < 4.78 is 0.